The van der Waals surface area contributed by atoms with Gasteiger partial charge in [-0.15, -0.1) is 0 Å². The molecule has 12 heteroatoms. The monoisotopic (exact) mass is 572 g/mol. The van der Waals surface area contributed by atoms with Gasteiger partial charge in [0.25, 0.3) is 5.91 Å². The van der Waals surface area contributed by atoms with Crippen LogP contribution in [-0.2, 0) is 45.2 Å². The number of nitrogens with one attached hydrogen (secondary N) is 1. The van der Waals surface area contributed by atoms with Gasteiger partial charge in [-0.1, -0.05) is 6.07 Å². The summed E-state index contributed by atoms with van der Waals surface area (Å²) in [6.45, 7) is 4.67. The van der Waals surface area contributed by atoms with Crippen molar-refractivity contribution in [2.24, 2.45) is 0 Å². The summed E-state index contributed by atoms with van der Waals surface area (Å²) in [5, 5.41) is 14.7. The molecule has 1 unspecified atom stereocenters. The average molecular weight is 573 g/mol. The van der Waals surface area contributed by atoms with E-state index in [0.717, 1.165) is 17.7 Å². The van der Waals surface area contributed by atoms with Crippen LogP contribution in [0.1, 0.15) is 51.2 Å². The number of nitrogens with zero attached hydrogens (tertiary/aromatic N) is 1. The Labute approximate surface area is 237 Å². The molecule has 2 aliphatic heterocycles. The van der Waals surface area contributed by atoms with Gasteiger partial charge >= 0.3 is 17.9 Å². The second-order valence-electron chi connectivity index (χ2n) is 11.1. The molecule has 2 bridgehead atoms. The lowest BCUT2D eigenvalue weighted by molar-refractivity contribution is -0.175. The van der Waals surface area contributed by atoms with Crippen molar-refractivity contribution in [1.29, 1.82) is 0 Å². The number of hydrogen-bond donors (Lipinski definition) is 2. The highest BCUT2D eigenvalue weighted by atomic mass is 16.6. The second kappa shape index (κ2) is 10.6. The van der Waals surface area contributed by atoms with Crippen LogP contribution in [0.25, 0.3) is 0 Å². The number of piperidine rings is 1. The number of ether oxygens (including phenoxy) is 5. The second-order valence-corrected chi connectivity index (χ2v) is 11.1. The number of carbonyl (C=O) groups is 4. The largest absolute Gasteiger partial charge is 0.493 e. The first-order valence-corrected chi connectivity index (χ1v) is 13.8. The van der Waals surface area contributed by atoms with Crippen molar-refractivity contribution in [2.75, 3.05) is 27.2 Å². The summed E-state index contributed by atoms with van der Waals surface area (Å²) in [6.07, 6.45) is 0.0266. The maximum Gasteiger partial charge on any atom is 0.352 e. The Morgan fingerprint density at radius 3 is 2.66 bits per heavy atom. The van der Waals surface area contributed by atoms with Gasteiger partial charge in [0, 0.05) is 31.5 Å². The fraction of sp³-hybridized carbons (Fsp3) is 0.586. The van der Waals surface area contributed by atoms with Gasteiger partial charge in [0.2, 0.25) is 0 Å². The molecule has 4 aliphatic rings. The Balaban J connectivity index is 1.27. The maximum atomic E-state index is 13.1. The highest BCUT2D eigenvalue weighted by Gasteiger charge is 2.72. The first kappa shape index (κ1) is 28.9. The molecule has 1 aromatic carbocycles. The molecule has 2 heterocycles. The normalized spacial score (nSPS) is 28.7. The van der Waals surface area contributed by atoms with Gasteiger partial charge in [-0.3, -0.25) is 14.4 Å². The van der Waals surface area contributed by atoms with E-state index in [-0.39, 0.29) is 31.2 Å². The number of amides is 1. The topological polar surface area (TPSA) is 150 Å². The average Bonchev–Trinajstić information content (AvgIpc) is 3.27. The van der Waals surface area contributed by atoms with E-state index in [1.54, 1.807) is 13.2 Å². The minimum absolute atomic E-state index is 0.0642. The predicted octanol–water partition coefficient (Wildman–Crippen LogP) is 0.906. The number of likely N-dealkylation sites (tertiary alicyclic amines) is 1. The SMILES string of the molecule is COc1ccc2c3c1O[C@H]1C(OC(=O)C(C)OC(=O)CCNC(=O)[C@H](C)OC(C)=O)=CC[C@@]4(O)[C@@H](C2)N(C)CC[C@]314. The molecule has 5 rings (SSSR count). The third-order valence-corrected chi connectivity index (χ3v) is 8.76. The Morgan fingerprint density at radius 1 is 1.20 bits per heavy atom. The zero-order chi connectivity index (χ0) is 29.7. The number of benzene rings is 1. The standard InChI is InChI=1S/C29H36N2O10/c1-15(38-17(3)32)26(34)30-12-9-22(33)39-16(2)27(35)40-20-8-10-29(36)21-14-18-6-7-19(37-5)24-23(18)28(29,25(20)41-24)11-13-31(21)4/h6-8,15-16,21,25,36H,9-14H2,1-5H3,(H,30,34)/t15-,16?,21+,25-,28-,29+/m0/s1. The van der Waals surface area contributed by atoms with Gasteiger partial charge in [-0.2, -0.15) is 0 Å². The molecular formula is C29H36N2O10. The van der Waals surface area contributed by atoms with Gasteiger partial charge in [-0.05, 0) is 58.0 Å². The summed E-state index contributed by atoms with van der Waals surface area (Å²) in [4.78, 5) is 50.5. The Hall–Kier alpha value is -3.64. The predicted molar refractivity (Wildman–Crippen MR) is 142 cm³/mol. The summed E-state index contributed by atoms with van der Waals surface area (Å²) in [5.74, 6) is -1.28. The van der Waals surface area contributed by atoms with Crippen LogP contribution in [0, 0.1) is 0 Å². The van der Waals surface area contributed by atoms with Crippen molar-refractivity contribution < 1.29 is 48.0 Å². The van der Waals surface area contributed by atoms with Crippen molar-refractivity contribution in [3.63, 3.8) is 0 Å². The van der Waals surface area contributed by atoms with Gasteiger partial charge < -0.3 is 39.0 Å². The highest BCUT2D eigenvalue weighted by molar-refractivity contribution is 5.84. The summed E-state index contributed by atoms with van der Waals surface area (Å²) >= 11 is 0. The quantitative estimate of drug-likeness (QED) is 0.321. The Kier molecular flexibility index (Phi) is 7.49. The summed E-state index contributed by atoms with van der Waals surface area (Å²) in [5.41, 5.74) is 0.0298. The zero-order valence-corrected chi connectivity index (χ0v) is 23.9. The van der Waals surface area contributed by atoms with E-state index >= 15 is 0 Å². The minimum atomic E-state index is -1.23. The van der Waals surface area contributed by atoms with Crippen LogP contribution in [-0.4, -0.2) is 91.0 Å². The van der Waals surface area contributed by atoms with Crippen molar-refractivity contribution in [2.45, 2.75) is 81.8 Å². The molecule has 222 valence electrons. The molecule has 1 amide bonds. The van der Waals surface area contributed by atoms with Crippen LogP contribution in [0.4, 0.5) is 0 Å². The summed E-state index contributed by atoms with van der Waals surface area (Å²) in [7, 11) is 3.57. The molecule has 6 atom stereocenters. The smallest absolute Gasteiger partial charge is 0.352 e. The number of carbonyl (C=O) groups excluding carboxylic acids is 4. The van der Waals surface area contributed by atoms with Crippen molar-refractivity contribution in [3.8, 4) is 11.5 Å². The molecule has 1 aromatic rings. The number of rotatable bonds is 9. The number of hydrogen-bond acceptors (Lipinski definition) is 11. The van der Waals surface area contributed by atoms with Crippen LogP contribution in [0.5, 0.6) is 11.5 Å². The number of aliphatic hydroxyl groups is 1. The van der Waals surface area contributed by atoms with Crippen LogP contribution in [0.15, 0.2) is 24.0 Å². The molecule has 1 fully saturated rings. The van der Waals surface area contributed by atoms with Crippen molar-refractivity contribution in [1.82, 2.24) is 10.2 Å². The van der Waals surface area contributed by atoms with Crippen LogP contribution < -0.4 is 14.8 Å². The van der Waals surface area contributed by atoms with Gasteiger partial charge in [-0.25, -0.2) is 4.79 Å². The first-order chi connectivity index (χ1) is 19.4. The molecule has 12 nitrogen and oxygen atoms in total. The third kappa shape index (κ3) is 4.62. The Bertz CT molecular complexity index is 1310. The number of likely N-dealkylation sites (N-methyl/N-ethyl adjacent to an activating group) is 1. The fourth-order valence-corrected chi connectivity index (χ4v) is 6.83. The molecule has 2 N–H and O–H groups in total. The summed E-state index contributed by atoms with van der Waals surface area (Å²) in [6, 6.07) is 3.74. The molecule has 0 saturated carbocycles. The molecule has 1 spiro atoms. The zero-order valence-electron chi connectivity index (χ0n) is 23.9. The van der Waals surface area contributed by atoms with Gasteiger partial charge in [0.1, 0.15) is 5.76 Å². The molecule has 41 heavy (non-hydrogen) atoms. The first-order valence-electron chi connectivity index (χ1n) is 13.8. The lowest BCUT2D eigenvalue weighted by atomic mass is 9.50. The number of methoxy groups -OCH3 is 1. The van der Waals surface area contributed by atoms with E-state index in [1.165, 1.54) is 20.8 Å². The van der Waals surface area contributed by atoms with Gasteiger partial charge in [0.05, 0.1) is 24.5 Å². The molecule has 0 aromatic heterocycles. The highest BCUT2D eigenvalue weighted by Crippen LogP contribution is 2.65. The lowest BCUT2D eigenvalue weighted by Crippen LogP contribution is -2.74. The maximum absolute atomic E-state index is 13.1. The molecular weight excluding hydrogens is 536 g/mol. The minimum Gasteiger partial charge on any atom is -0.493 e. The third-order valence-electron chi connectivity index (χ3n) is 8.76. The molecule has 2 aliphatic carbocycles. The van der Waals surface area contributed by atoms with Gasteiger partial charge in [0.15, 0.2) is 29.8 Å². The van der Waals surface area contributed by atoms with E-state index in [9.17, 15) is 24.3 Å². The Morgan fingerprint density at radius 2 is 1.95 bits per heavy atom. The molecule has 0 radical (unpaired) electrons. The molecule has 1 saturated heterocycles. The van der Waals surface area contributed by atoms with E-state index in [4.69, 9.17) is 23.7 Å². The number of esters is 3. The van der Waals surface area contributed by atoms with E-state index in [1.807, 2.05) is 19.2 Å². The fourth-order valence-electron chi connectivity index (χ4n) is 6.83. The van der Waals surface area contributed by atoms with Crippen molar-refractivity contribution in [3.05, 3.63) is 35.1 Å². The van der Waals surface area contributed by atoms with Crippen molar-refractivity contribution >= 4 is 23.8 Å². The lowest BCUT2D eigenvalue weighted by Gasteiger charge is -2.61. The van der Waals surface area contributed by atoms with E-state index < -0.39 is 53.1 Å². The van der Waals surface area contributed by atoms with E-state index in [2.05, 4.69) is 10.2 Å². The van der Waals surface area contributed by atoms with Crippen LogP contribution >= 0.6 is 0 Å². The summed E-state index contributed by atoms with van der Waals surface area (Å²) < 4.78 is 27.9. The van der Waals surface area contributed by atoms with Crippen LogP contribution in [0.2, 0.25) is 0 Å². The van der Waals surface area contributed by atoms with E-state index in [0.29, 0.717) is 24.3 Å². The van der Waals surface area contributed by atoms with Crippen LogP contribution in [0.3, 0.4) is 0 Å².